The van der Waals surface area contributed by atoms with Crippen LogP contribution in [0.5, 0.6) is 0 Å². The normalized spacial score (nSPS) is 14.7. The van der Waals surface area contributed by atoms with Gasteiger partial charge in [0.2, 0.25) is 0 Å². The molecule has 0 fully saturated rings. The molecule has 0 aliphatic carbocycles. The van der Waals surface area contributed by atoms with E-state index in [1.807, 2.05) is 11.9 Å². The van der Waals surface area contributed by atoms with Crippen LogP contribution in [-0.2, 0) is 0 Å². The van der Waals surface area contributed by atoms with Crippen molar-refractivity contribution in [2.45, 2.75) is 32.6 Å². The summed E-state index contributed by atoms with van der Waals surface area (Å²) >= 11 is 3.47. The molecule has 1 aliphatic heterocycles. The van der Waals surface area contributed by atoms with E-state index >= 15 is 0 Å². The monoisotopic (exact) mass is 228 g/mol. The summed E-state index contributed by atoms with van der Waals surface area (Å²) in [7, 11) is 0. The molecule has 2 nitrogen and oxygen atoms in total. The van der Waals surface area contributed by atoms with Crippen LogP contribution in [0.3, 0.4) is 0 Å². The summed E-state index contributed by atoms with van der Waals surface area (Å²) in [6, 6.07) is 0. The molecule has 1 aliphatic rings. The van der Waals surface area contributed by atoms with Crippen LogP contribution in [0.15, 0.2) is 11.6 Å². The van der Waals surface area contributed by atoms with E-state index in [1.54, 1.807) is 11.9 Å². The Kier molecular flexibility index (Phi) is 10.6. The van der Waals surface area contributed by atoms with Crippen molar-refractivity contribution in [1.82, 2.24) is 9.25 Å². The fourth-order valence-electron chi connectivity index (χ4n) is 0.960. The molecule has 0 aromatic heterocycles. The topological polar surface area (TPSA) is 15.3 Å². The molecule has 72 valence electrons. The van der Waals surface area contributed by atoms with Gasteiger partial charge in [-0.15, -0.1) is 0 Å². The Bertz CT molecular complexity index is 149. The number of hydrazine groups is 1. The first kappa shape index (κ1) is 14.2. The summed E-state index contributed by atoms with van der Waals surface area (Å²) in [4.78, 5) is 3.15. The van der Waals surface area contributed by atoms with Crippen LogP contribution in [0, 0.1) is 0 Å². The van der Waals surface area contributed by atoms with Crippen molar-refractivity contribution in [2.24, 2.45) is 0 Å². The average molecular weight is 228 g/mol. The van der Waals surface area contributed by atoms with Gasteiger partial charge < -0.3 is 1.43 Å². The summed E-state index contributed by atoms with van der Waals surface area (Å²) in [6.45, 7) is 2.24. The predicted molar refractivity (Wildman–Crippen MR) is 59.4 cm³/mol. The van der Waals surface area contributed by atoms with E-state index in [4.69, 9.17) is 0 Å². The zero-order chi connectivity index (χ0) is 8.65. The van der Waals surface area contributed by atoms with Gasteiger partial charge in [0.15, 0.2) is 0 Å². The molecule has 0 atom stereocenters. The predicted octanol–water partition coefficient (Wildman–Crippen LogP) is 0.271. The van der Waals surface area contributed by atoms with Crippen LogP contribution in [0.25, 0.3) is 0 Å². The largest absolute Gasteiger partial charge is 1.00 e. The van der Waals surface area contributed by atoms with Crippen molar-refractivity contribution in [3.8, 4) is 0 Å². The van der Waals surface area contributed by atoms with Gasteiger partial charge in [-0.2, -0.15) is 4.83 Å². The Morgan fingerprint density at radius 3 is 2.92 bits per heavy atom. The molecule has 0 spiro atoms. The third-order valence-corrected chi connectivity index (χ3v) is 3.27. The molecular formula is C8H17N2NaS2. The minimum Gasteiger partial charge on any atom is -1.00 e. The summed E-state index contributed by atoms with van der Waals surface area (Å²) in [6.07, 6.45) is 7.46. The first-order chi connectivity index (χ1) is 5.93. The number of nitrogens with zero attached hydrogens (tertiary/aromatic N) is 1. The van der Waals surface area contributed by atoms with E-state index in [0.717, 1.165) is 0 Å². The molecule has 0 radical (unpaired) electrons. The molecule has 1 rings (SSSR count). The van der Waals surface area contributed by atoms with Gasteiger partial charge in [0.1, 0.15) is 0 Å². The Hall–Kier alpha value is 1.20. The van der Waals surface area contributed by atoms with Crippen LogP contribution >= 0.6 is 23.9 Å². The molecule has 0 unspecified atom stereocenters. The fourth-order valence-corrected chi connectivity index (χ4v) is 2.46. The minimum atomic E-state index is 0. The van der Waals surface area contributed by atoms with Gasteiger partial charge in [-0.3, -0.25) is 0 Å². The maximum Gasteiger partial charge on any atom is 1.00 e. The average Bonchev–Trinajstić information content (AvgIpc) is 2.57. The van der Waals surface area contributed by atoms with Crippen molar-refractivity contribution in [3.05, 3.63) is 11.6 Å². The van der Waals surface area contributed by atoms with Gasteiger partial charge in [0.25, 0.3) is 0 Å². The van der Waals surface area contributed by atoms with E-state index in [9.17, 15) is 0 Å². The first-order valence-electron chi connectivity index (χ1n) is 4.43. The minimum absolute atomic E-state index is 0. The van der Waals surface area contributed by atoms with Crippen molar-refractivity contribution < 1.29 is 31.0 Å². The van der Waals surface area contributed by atoms with Crippen LogP contribution in [0.1, 0.15) is 34.0 Å². The standard InChI is InChI=1S/C8H16N2S2.Na.H/c1-2-3-4-5-7-12-10-6-8-11-9-10;;/h6,8-9H,2-5,7H2,1H3;;/q;+1;-1. The van der Waals surface area contributed by atoms with Crippen LogP contribution in [0.4, 0.5) is 0 Å². The van der Waals surface area contributed by atoms with E-state index < -0.39 is 0 Å². The quantitative estimate of drug-likeness (QED) is 0.399. The van der Waals surface area contributed by atoms with Crippen molar-refractivity contribution in [3.63, 3.8) is 0 Å². The summed E-state index contributed by atoms with van der Waals surface area (Å²) < 4.78 is 2.07. The number of unbranched alkanes of at least 4 members (excludes halogenated alkanes) is 3. The Labute approximate surface area is 113 Å². The second-order valence-electron chi connectivity index (χ2n) is 2.71. The smallest absolute Gasteiger partial charge is 1.00 e. The van der Waals surface area contributed by atoms with Gasteiger partial charge in [0, 0.05) is 17.4 Å². The molecule has 1 N–H and O–H groups in total. The number of hydrogen-bond acceptors (Lipinski definition) is 4. The van der Waals surface area contributed by atoms with Gasteiger partial charge in [0.05, 0.1) is 0 Å². The number of hydrogen-bond donors (Lipinski definition) is 1. The molecule has 1 heterocycles. The summed E-state index contributed by atoms with van der Waals surface area (Å²) in [5.74, 6) is 1.22. The molecule has 0 saturated carbocycles. The molecule has 13 heavy (non-hydrogen) atoms. The molecular weight excluding hydrogens is 211 g/mol. The zero-order valence-corrected chi connectivity index (χ0v) is 12.1. The van der Waals surface area contributed by atoms with E-state index in [-0.39, 0.29) is 31.0 Å². The molecule has 0 aromatic rings. The van der Waals surface area contributed by atoms with Crippen molar-refractivity contribution >= 4 is 23.9 Å². The van der Waals surface area contributed by atoms with E-state index in [0.29, 0.717) is 0 Å². The van der Waals surface area contributed by atoms with Crippen LogP contribution in [0.2, 0.25) is 0 Å². The molecule has 0 saturated heterocycles. The van der Waals surface area contributed by atoms with E-state index in [1.165, 1.54) is 31.4 Å². The number of rotatable bonds is 6. The third-order valence-electron chi connectivity index (χ3n) is 1.64. The zero-order valence-electron chi connectivity index (χ0n) is 9.45. The molecule has 0 aromatic carbocycles. The molecule has 0 amide bonds. The summed E-state index contributed by atoms with van der Waals surface area (Å²) in [5, 5.41) is 2.05. The van der Waals surface area contributed by atoms with Crippen molar-refractivity contribution in [1.29, 1.82) is 0 Å². The molecule has 0 bridgehead atoms. The summed E-state index contributed by atoms with van der Waals surface area (Å²) in [5.41, 5.74) is 0. The Morgan fingerprint density at radius 2 is 2.31 bits per heavy atom. The fraction of sp³-hybridized carbons (Fsp3) is 0.750. The maximum atomic E-state index is 3.15. The SMILES string of the molecule is CCCCCCSN1C=CSN1.[H-].[Na+]. The van der Waals surface area contributed by atoms with Crippen LogP contribution in [-0.4, -0.2) is 10.2 Å². The maximum absolute atomic E-state index is 3.15. The first-order valence-corrected chi connectivity index (χ1v) is 6.26. The number of nitrogens with one attached hydrogen (secondary N) is 1. The Morgan fingerprint density at radius 1 is 1.46 bits per heavy atom. The van der Waals surface area contributed by atoms with E-state index in [2.05, 4.69) is 27.8 Å². The Balaban J connectivity index is 0. The van der Waals surface area contributed by atoms with Gasteiger partial charge in [-0.05, 0) is 30.3 Å². The van der Waals surface area contributed by atoms with Crippen molar-refractivity contribution in [2.75, 3.05) is 5.75 Å². The van der Waals surface area contributed by atoms with Gasteiger partial charge >= 0.3 is 29.6 Å². The van der Waals surface area contributed by atoms with Gasteiger partial charge in [-0.25, -0.2) is 4.41 Å². The second-order valence-corrected chi connectivity index (χ2v) is 4.46. The van der Waals surface area contributed by atoms with Gasteiger partial charge in [-0.1, -0.05) is 26.2 Å². The molecule has 5 heteroatoms. The third kappa shape index (κ3) is 7.17. The second kappa shape index (κ2) is 9.74. The van der Waals surface area contributed by atoms with Crippen LogP contribution < -0.4 is 34.4 Å².